The third-order valence-electron chi connectivity index (χ3n) is 5.37. The van der Waals surface area contributed by atoms with Crippen molar-refractivity contribution < 1.29 is 4.79 Å². The summed E-state index contributed by atoms with van der Waals surface area (Å²) in [4.78, 5) is 26.3. The Morgan fingerprint density at radius 1 is 1.10 bits per heavy atom. The second kappa shape index (κ2) is 8.67. The second-order valence-corrected chi connectivity index (χ2v) is 8.34. The molecule has 2 unspecified atom stereocenters. The molecule has 2 atom stereocenters. The number of benzene rings is 1. The van der Waals surface area contributed by atoms with E-state index in [2.05, 4.69) is 48.5 Å². The van der Waals surface area contributed by atoms with Crippen molar-refractivity contribution in [2.75, 3.05) is 0 Å². The van der Waals surface area contributed by atoms with Crippen LogP contribution < -0.4 is 11.0 Å². The van der Waals surface area contributed by atoms with Gasteiger partial charge < -0.3 is 5.32 Å². The lowest BCUT2D eigenvalue weighted by Gasteiger charge is -2.19. The van der Waals surface area contributed by atoms with Crippen molar-refractivity contribution in [2.45, 2.75) is 38.8 Å². The predicted octanol–water partition coefficient (Wildman–Crippen LogP) is 3.98. The molecule has 1 N–H and O–H groups in total. The van der Waals surface area contributed by atoms with Gasteiger partial charge in [0.15, 0.2) is 5.65 Å². The summed E-state index contributed by atoms with van der Waals surface area (Å²) in [6.07, 6.45) is 2.73. The number of hydrogen-bond acceptors (Lipinski definition) is 4. The van der Waals surface area contributed by atoms with Crippen molar-refractivity contribution in [3.8, 4) is 0 Å². The van der Waals surface area contributed by atoms with Gasteiger partial charge in [-0.2, -0.15) is 0 Å². The molecule has 0 radical (unpaired) electrons. The summed E-state index contributed by atoms with van der Waals surface area (Å²) in [5.74, 6) is 0.237. The molecule has 154 valence electrons. The zero-order valence-electron chi connectivity index (χ0n) is 17.0. The first-order valence-electron chi connectivity index (χ1n) is 10.0. The minimum Gasteiger partial charge on any atom is -0.343 e. The van der Waals surface area contributed by atoms with Crippen LogP contribution in [0.4, 0.5) is 0 Å². The molecule has 7 heteroatoms. The number of carbonyl (C=O) groups is 1. The molecule has 30 heavy (non-hydrogen) atoms. The van der Waals surface area contributed by atoms with Gasteiger partial charge in [-0.3, -0.25) is 9.20 Å². The van der Waals surface area contributed by atoms with Crippen LogP contribution in [-0.4, -0.2) is 20.1 Å². The largest absolute Gasteiger partial charge is 0.350 e. The molecular formula is C23H24N4O2S. The van der Waals surface area contributed by atoms with Crippen LogP contribution in [0.25, 0.3) is 5.65 Å². The van der Waals surface area contributed by atoms with Crippen molar-refractivity contribution in [2.24, 2.45) is 0 Å². The monoisotopic (exact) mass is 420 g/mol. The van der Waals surface area contributed by atoms with Crippen LogP contribution in [-0.2, 0) is 11.3 Å². The summed E-state index contributed by atoms with van der Waals surface area (Å²) in [6, 6.07) is 17.4. The van der Waals surface area contributed by atoms with Crippen LogP contribution in [0.1, 0.15) is 48.2 Å². The Morgan fingerprint density at radius 3 is 2.53 bits per heavy atom. The SMILES string of the molecule is CCC(C)c1ccc(C(NC(=O)Cn2nc3ccccn3c2=O)c2cccs2)cc1. The number of nitrogens with one attached hydrogen (secondary N) is 1. The van der Waals surface area contributed by atoms with E-state index in [1.54, 1.807) is 29.7 Å². The Morgan fingerprint density at radius 2 is 1.87 bits per heavy atom. The molecule has 0 aliphatic rings. The van der Waals surface area contributed by atoms with E-state index in [9.17, 15) is 9.59 Å². The maximum atomic E-state index is 12.8. The van der Waals surface area contributed by atoms with Gasteiger partial charge in [-0.15, -0.1) is 16.4 Å². The highest BCUT2D eigenvalue weighted by atomic mass is 32.1. The van der Waals surface area contributed by atoms with Crippen molar-refractivity contribution in [1.82, 2.24) is 19.5 Å². The summed E-state index contributed by atoms with van der Waals surface area (Å²) in [7, 11) is 0. The highest BCUT2D eigenvalue weighted by molar-refractivity contribution is 7.10. The fourth-order valence-corrected chi connectivity index (χ4v) is 4.24. The Bertz CT molecular complexity index is 1190. The van der Waals surface area contributed by atoms with Gasteiger partial charge in [0.2, 0.25) is 5.91 Å². The highest BCUT2D eigenvalue weighted by Crippen LogP contribution is 2.28. The topological polar surface area (TPSA) is 68.4 Å². The number of carbonyl (C=O) groups excluding carboxylic acids is 1. The fourth-order valence-electron chi connectivity index (χ4n) is 3.44. The standard InChI is InChI=1S/C23H24N4O2S/c1-3-16(2)17-9-11-18(12-10-17)22(19-7-6-14-30-19)24-21(28)15-27-23(29)26-13-5-4-8-20(26)25-27/h4-14,16,22H,3,15H2,1-2H3,(H,24,28). The quantitative estimate of drug-likeness (QED) is 0.492. The average molecular weight is 421 g/mol. The minimum atomic E-state index is -0.327. The van der Waals surface area contributed by atoms with E-state index in [1.165, 1.54) is 14.6 Å². The van der Waals surface area contributed by atoms with E-state index in [4.69, 9.17) is 0 Å². The molecule has 0 bridgehead atoms. The molecule has 3 aromatic heterocycles. The zero-order valence-corrected chi connectivity index (χ0v) is 17.8. The van der Waals surface area contributed by atoms with E-state index in [0.717, 1.165) is 16.9 Å². The number of hydrogen-bond donors (Lipinski definition) is 1. The van der Waals surface area contributed by atoms with Gasteiger partial charge in [-0.25, -0.2) is 9.48 Å². The average Bonchev–Trinajstić information content (AvgIpc) is 3.41. The molecule has 0 fully saturated rings. The second-order valence-electron chi connectivity index (χ2n) is 7.36. The molecule has 1 aromatic carbocycles. The molecule has 0 saturated carbocycles. The molecule has 4 rings (SSSR count). The van der Waals surface area contributed by atoms with Crippen molar-refractivity contribution in [3.63, 3.8) is 0 Å². The Kier molecular flexibility index (Phi) is 5.81. The van der Waals surface area contributed by atoms with Gasteiger partial charge in [-0.05, 0) is 47.0 Å². The van der Waals surface area contributed by atoms with Gasteiger partial charge in [0.25, 0.3) is 0 Å². The lowest BCUT2D eigenvalue weighted by Crippen LogP contribution is -2.35. The smallest absolute Gasteiger partial charge is 0.343 e. The summed E-state index contributed by atoms with van der Waals surface area (Å²) < 4.78 is 2.62. The number of aromatic nitrogens is 3. The van der Waals surface area contributed by atoms with Crippen LogP contribution in [0.2, 0.25) is 0 Å². The van der Waals surface area contributed by atoms with E-state index in [1.807, 2.05) is 23.6 Å². The minimum absolute atomic E-state index is 0.132. The van der Waals surface area contributed by atoms with Gasteiger partial charge in [0.05, 0.1) is 6.04 Å². The Balaban J connectivity index is 1.57. The molecule has 0 aliphatic carbocycles. The van der Waals surface area contributed by atoms with Crippen LogP contribution in [0.5, 0.6) is 0 Å². The zero-order chi connectivity index (χ0) is 21.1. The molecule has 6 nitrogen and oxygen atoms in total. The summed E-state index contributed by atoms with van der Waals surface area (Å²) in [6.45, 7) is 4.25. The van der Waals surface area contributed by atoms with Crippen LogP contribution in [0.3, 0.4) is 0 Å². The first-order valence-corrected chi connectivity index (χ1v) is 10.9. The van der Waals surface area contributed by atoms with Gasteiger partial charge in [0, 0.05) is 11.1 Å². The first-order chi connectivity index (χ1) is 14.6. The van der Waals surface area contributed by atoms with Gasteiger partial charge in [-0.1, -0.05) is 50.2 Å². The molecule has 1 amide bonds. The normalized spacial score (nSPS) is 13.3. The van der Waals surface area contributed by atoms with Gasteiger partial charge >= 0.3 is 5.69 Å². The van der Waals surface area contributed by atoms with Crippen molar-refractivity contribution >= 4 is 22.9 Å². The lowest BCUT2D eigenvalue weighted by molar-refractivity contribution is -0.122. The Hall–Kier alpha value is -3.19. The Labute approximate surface area is 178 Å². The van der Waals surface area contributed by atoms with E-state index in [-0.39, 0.29) is 24.2 Å². The lowest BCUT2D eigenvalue weighted by atomic mass is 9.95. The van der Waals surface area contributed by atoms with E-state index in [0.29, 0.717) is 11.6 Å². The molecule has 4 aromatic rings. The van der Waals surface area contributed by atoms with Crippen LogP contribution >= 0.6 is 11.3 Å². The molecule has 0 spiro atoms. The first kappa shape index (κ1) is 20.1. The third-order valence-corrected chi connectivity index (χ3v) is 6.30. The molecular weight excluding hydrogens is 396 g/mol. The molecule has 3 heterocycles. The number of fused-ring (bicyclic) bond motifs is 1. The van der Waals surface area contributed by atoms with Crippen molar-refractivity contribution in [1.29, 1.82) is 0 Å². The number of rotatable bonds is 7. The molecule has 0 saturated heterocycles. The number of nitrogens with zero attached hydrogens (tertiary/aromatic N) is 3. The maximum Gasteiger partial charge on any atom is 0.350 e. The van der Waals surface area contributed by atoms with Gasteiger partial charge in [0.1, 0.15) is 6.54 Å². The summed E-state index contributed by atoms with van der Waals surface area (Å²) in [5.41, 5.74) is 2.49. The third kappa shape index (κ3) is 4.07. The van der Waals surface area contributed by atoms with E-state index >= 15 is 0 Å². The number of pyridine rings is 1. The maximum absolute atomic E-state index is 12.8. The number of amides is 1. The van der Waals surface area contributed by atoms with Crippen LogP contribution in [0, 0.1) is 0 Å². The predicted molar refractivity (Wildman–Crippen MR) is 119 cm³/mol. The summed E-state index contributed by atoms with van der Waals surface area (Å²) >= 11 is 1.59. The number of thiophene rings is 1. The van der Waals surface area contributed by atoms with E-state index < -0.39 is 0 Å². The highest BCUT2D eigenvalue weighted by Gasteiger charge is 2.20. The van der Waals surface area contributed by atoms with Crippen molar-refractivity contribution in [3.05, 3.63) is 92.7 Å². The molecule has 0 aliphatic heterocycles. The fraction of sp³-hybridized carbons (Fsp3) is 0.261. The summed E-state index contributed by atoms with van der Waals surface area (Å²) in [5, 5.41) is 9.32. The van der Waals surface area contributed by atoms with Crippen LogP contribution in [0.15, 0.2) is 71.0 Å².